The van der Waals surface area contributed by atoms with Gasteiger partial charge in [0.05, 0.1) is 13.2 Å². The number of carbonyl (C=O) groups is 2. The van der Waals surface area contributed by atoms with Crippen molar-refractivity contribution in [3.05, 3.63) is 30.1 Å². The summed E-state index contributed by atoms with van der Waals surface area (Å²) in [7, 11) is 0. The van der Waals surface area contributed by atoms with E-state index in [1.165, 1.54) is 18.4 Å². The number of hydrogen-bond donors (Lipinski definition) is 0. The number of aromatic nitrogens is 1. The molecule has 0 saturated heterocycles. The number of rotatable bonds is 7. The van der Waals surface area contributed by atoms with Crippen molar-refractivity contribution in [1.82, 2.24) is 0 Å². The molecule has 0 aromatic carbocycles. The number of esters is 2. The van der Waals surface area contributed by atoms with Crippen LogP contribution in [0.1, 0.15) is 57.6 Å². The lowest BCUT2D eigenvalue weighted by Crippen LogP contribution is -2.45. The van der Waals surface area contributed by atoms with Gasteiger partial charge in [0.2, 0.25) is 0 Å². The molecule has 0 amide bonds. The van der Waals surface area contributed by atoms with Gasteiger partial charge < -0.3 is 9.47 Å². The lowest BCUT2D eigenvalue weighted by atomic mass is 9.73. The van der Waals surface area contributed by atoms with Gasteiger partial charge in [0.1, 0.15) is 6.42 Å². The van der Waals surface area contributed by atoms with Crippen LogP contribution in [0.2, 0.25) is 0 Å². The Morgan fingerprint density at radius 3 is 2.30 bits per heavy atom. The van der Waals surface area contributed by atoms with E-state index >= 15 is 0 Å². The summed E-state index contributed by atoms with van der Waals surface area (Å²) in [6, 6.07) is 3.39. The second-order valence-corrected chi connectivity index (χ2v) is 6.13. The summed E-state index contributed by atoms with van der Waals surface area (Å²) in [5, 5.41) is 0. The standard InChI is InChI=1S/C18H26NO4/c1-4-22-17(20)12-16(18(21)23-5-2)19-8-6-14(7-9-19)15-10-13(3)11-15/h6-9,13,15-16H,4-5,10-12H2,1-3H3/q+1. The van der Waals surface area contributed by atoms with Gasteiger partial charge in [0.15, 0.2) is 12.4 Å². The molecular formula is C18H26NO4+. The molecule has 1 saturated carbocycles. The number of nitrogens with zero attached hydrogens (tertiary/aromatic N) is 1. The Hall–Kier alpha value is -1.91. The molecule has 1 aliphatic rings. The molecule has 0 spiro atoms. The van der Waals surface area contributed by atoms with Gasteiger partial charge in [0.25, 0.3) is 6.04 Å². The predicted molar refractivity (Wildman–Crippen MR) is 84.7 cm³/mol. The van der Waals surface area contributed by atoms with E-state index in [1.807, 2.05) is 24.5 Å². The fourth-order valence-corrected chi connectivity index (χ4v) is 3.03. The highest BCUT2D eigenvalue weighted by atomic mass is 16.5. The molecule has 0 N–H and O–H groups in total. The number of ether oxygens (including phenoxy) is 2. The van der Waals surface area contributed by atoms with E-state index < -0.39 is 18.0 Å². The quantitative estimate of drug-likeness (QED) is 0.572. The first-order valence-electron chi connectivity index (χ1n) is 8.38. The van der Waals surface area contributed by atoms with E-state index in [0.717, 1.165) is 5.92 Å². The van der Waals surface area contributed by atoms with Crippen molar-refractivity contribution >= 4 is 11.9 Å². The van der Waals surface area contributed by atoms with E-state index in [4.69, 9.17) is 9.47 Å². The van der Waals surface area contributed by atoms with E-state index in [2.05, 4.69) is 6.92 Å². The van der Waals surface area contributed by atoms with Crippen molar-refractivity contribution in [3.8, 4) is 0 Å². The fraction of sp³-hybridized carbons (Fsp3) is 0.611. The van der Waals surface area contributed by atoms with Crippen LogP contribution in [0, 0.1) is 5.92 Å². The van der Waals surface area contributed by atoms with Crippen LogP contribution in [-0.2, 0) is 19.1 Å². The maximum Gasteiger partial charge on any atom is 0.376 e. The Morgan fingerprint density at radius 1 is 1.17 bits per heavy atom. The zero-order valence-corrected chi connectivity index (χ0v) is 14.2. The van der Waals surface area contributed by atoms with Gasteiger partial charge in [-0.15, -0.1) is 0 Å². The molecule has 1 aromatic heterocycles. The van der Waals surface area contributed by atoms with Crippen molar-refractivity contribution in [1.29, 1.82) is 0 Å². The molecule has 2 rings (SSSR count). The Morgan fingerprint density at radius 2 is 1.78 bits per heavy atom. The molecule has 0 radical (unpaired) electrons. The van der Waals surface area contributed by atoms with Crippen LogP contribution in [0.25, 0.3) is 0 Å². The van der Waals surface area contributed by atoms with Gasteiger partial charge in [-0.1, -0.05) is 6.92 Å². The lowest BCUT2D eigenvalue weighted by Gasteiger charge is -2.32. The average molecular weight is 320 g/mol. The molecule has 23 heavy (non-hydrogen) atoms. The Labute approximate surface area is 137 Å². The third kappa shape index (κ3) is 4.53. The van der Waals surface area contributed by atoms with E-state index in [-0.39, 0.29) is 13.0 Å². The molecule has 1 unspecified atom stereocenters. The predicted octanol–water partition coefficient (Wildman–Crippen LogP) is 2.55. The average Bonchev–Trinajstić information content (AvgIpc) is 2.50. The Balaban J connectivity index is 2.10. The minimum atomic E-state index is -0.677. The van der Waals surface area contributed by atoms with Crippen LogP contribution in [0.4, 0.5) is 0 Å². The molecule has 1 aromatic rings. The summed E-state index contributed by atoms with van der Waals surface area (Å²) in [5.74, 6) is 0.611. The maximum atomic E-state index is 12.2. The molecular weight excluding hydrogens is 294 g/mol. The molecule has 5 nitrogen and oxygen atoms in total. The first-order chi connectivity index (χ1) is 11.0. The second-order valence-electron chi connectivity index (χ2n) is 6.13. The minimum Gasteiger partial charge on any atom is -0.466 e. The molecule has 5 heteroatoms. The highest BCUT2D eigenvalue weighted by Crippen LogP contribution is 2.40. The maximum absolute atomic E-state index is 12.2. The first-order valence-corrected chi connectivity index (χ1v) is 8.38. The third-order valence-electron chi connectivity index (χ3n) is 4.31. The van der Waals surface area contributed by atoms with Gasteiger partial charge in [-0.3, -0.25) is 4.79 Å². The molecule has 0 aliphatic heterocycles. The van der Waals surface area contributed by atoms with E-state index in [0.29, 0.717) is 12.5 Å². The van der Waals surface area contributed by atoms with Crippen molar-refractivity contribution in [2.24, 2.45) is 5.92 Å². The first kappa shape index (κ1) is 17.4. The van der Waals surface area contributed by atoms with Gasteiger partial charge in [-0.2, -0.15) is 4.57 Å². The number of pyridine rings is 1. The van der Waals surface area contributed by atoms with Gasteiger partial charge in [0, 0.05) is 12.1 Å². The van der Waals surface area contributed by atoms with E-state index in [9.17, 15) is 9.59 Å². The molecule has 1 fully saturated rings. The molecule has 126 valence electrons. The largest absolute Gasteiger partial charge is 0.466 e. The summed E-state index contributed by atoms with van der Waals surface area (Å²) in [6.07, 6.45) is 6.14. The van der Waals surface area contributed by atoms with Crippen LogP contribution < -0.4 is 4.57 Å². The normalized spacial score (nSPS) is 21.2. The molecule has 1 heterocycles. The lowest BCUT2D eigenvalue weighted by molar-refractivity contribution is -0.710. The third-order valence-corrected chi connectivity index (χ3v) is 4.31. The topological polar surface area (TPSA) is 56.5 Å². The number of hydrogen-bond acceptors (Lipinski definition) is 4. The van der Waals surface area contributed by atoms with Crippen molar-refractivity contribution in [2.45, 2.75) is 52.0 Å². The van der Waals surface area contributed by atoms with Crippen molar-refractivity contribution in [2.75, 3.05) is 13.2 Å². The fourth-order valence-electron chi connectivity index (χ4n) is 3.03. The van der Waals surface area contributed by atoms with E-state index in [1.54, 1.807) is 18.4 Å². The monoisotopic (exact) mass is 320 g/mol. The summed E-state index contributed by atoms with van der Waals surface area (Å²) in [6.45, 7) is 6.36. The zero-order chi connectivity index (χ0) is 16.8. The van der Waals surface area contributed by atoms with Gasteiger partial charge in [-0.25, -0.2) is 4.79 Å². The Bertz CT molecular complexity index is 534. The summed E-state index contributed by atoms with van der Waals surface area (Å²) < 4.78 is 11.8. The van der Waals surface area contributed by atoms with Crippen molar-refractivity contribution < 1.29 is 23.6 Å². The summed E-state index contributed by atoms with van der Waals surface area (Å²) >= 11 is 0. The minimum absolute atomic E-state index is 0.0167. The van der Waals surface area contributed by atoms with Crippen LogP contribution in [-0.4, -0.2) is 25.2 Å². The Kier molecular flexibility index (Phi) is 6.13. The second kappa shape index (κ2) is 8.09. The van der Waals surface area contributed by atoms with Gasteiger partial charge >= 0.3 is 11.9 Å². The van der Waals surface area contributed by atoms with Crippen LogP contribution in [0.3, 0.4) is 0 Å². The van der Waals surface area contributed by atoms with Crippen LogP contribution in [0.5, 0.6) is 0 Å². The van der Waals surface area contributed by atoms with Crippen molar-refractivity contribution in [3.63, 3.8) is 0 Å². The zero-order valence-electron chi connectivity index (χ0n) is 14.2. The smallest absolute Gasteiger partial charge is 0.376 e. The summed E-state index contributed by atoms with van der Waals surface area (Å²) in [5.41, 5.74) is 1.29. The molecule has 0 bridgehead atoms. The molecule has 1 atom stereocenters. The van der Waals surface area contributed by atoms with Gasteiger partial charge in [-0.05, 0) is 44.1 Å². The van der Waals surface area contributed by atoms with Crippen LogP contribution in [0.15, 0.2) is 24.5 Å². The van der Waals surface area contributed by atoms with Crippen LogP contribution >= 0.6 is 0 Å². The highest BCUT2D eigenvalue weighted by Gasteiger charge is 2.33. The summed E-state index contributed by atoms with van der Waals surface area (Å²) in [4.78, 5) is 23.9. The highest BCUT2D eigenvalue weighted by molar-refractivity contribution is 5.79. The SMILES string of the molecule is CCOC(=O)CC(C(=O)OCC)[n+]1ccc(C2CC(C)C2)cc1. The number of carbonyl (C=O) groups excluding carboxylic acids is 2. The molecule has 1 aliphatic carbocycles.